The average molecular weight is 600 g/mol. The number of nitriles is 1. The lowest BCUT2D eigenvalue weighted by molar-refractivity contribution is 0.669. The molecule has 0 N–H and O–H groups in total. The summed E-state index contributed by atoms with van der Waals surface area (Å²) in [5.74, 6) is 0. The Morgan fingerprint density at radius 2 is 0.979 bits per heavy atom. The second kappa shape index (κ2) is 9.71. The van der Waals surface area contributed by atoms with E-state index in [-0.39, 0.29) is 0 Å². The van der Waals surface area contributed by atoms with Gasteiger partial charge in [0, 0.05) is 49.8 Å². The Labute approximate surface area is 269 Å². The van der Waals surface area contributed by atoms with Gasteiger partial charge in [0.2, 0.25) is 0 Å². The molecule has 0 aliphatic heterocycles. The second-order valence-corrected chi connectivity index (χ2v) is 12.1. The smallest absolute Gasteiger partial charge is 0.137 e. The molecule has 0 atom stereocenters. The van der Waals surface area contributed by atoms with Gasteiger partial charge in [-0.15, -0.1) is 0 Å². The van der Waals surface area contributed by atoms with Crippen molar-refractivity contribution >= 4 is 65.6 Å². The third-order valence-corrected chi connectivity index (χ3v) is 9.51. The van der Waals surface area contributed by atoms with Crippen LogP contribution in [0.25, 0.3) is 88.1 Å². The van der Waals surface area contributed by atoms with Gasteiger partial charge in [0.15, 0.2) is 0 Å². The van der Waals surface area contributed by atoms with Crippen molar-refractivity contribution in [2.24, 2.45) is 0 Å². The monoisotopic (exact) mass is 599 g/mol. The van der Waals surface area contributed by atoms with E-state index in [0.29, 0.717) is 5.56 Å². The van der Waals surface area contributed by atoms with Crippen molar-refractivity contribution in [3.05, 3.63) is 157 Å². The van der Waals surface area contributed by atoms with E-state index in [0.717, 1.165) is 66.2 Å². The minimum Gasteiger partial charge on any atom is -0.456 e. The van der Waals surface area contributed by atoms with Gasteiger partial charge in [-0.25, -0.2) is 0 Å². The summed E-state index contributed by atoms with van der Waals surface area (Å²) in [6.45, 7) is 0. The largest absolute Gasteiger partial charge is 0.456 e. The summed E-state index contributed by atoms with van der Waals surface area (Å²) in [5, 5.41) is 16.6. The van der Waals surface area contributed by atoms with Crippen molar-refractivity contribution in [3.8, 4) is 28.6 Å². The van der Waals surface area contributed by atoms with E-state index in [1.807, 2.05) is 30.3 Å². The lowest BCUT2D eigenvalue weighted by Gasteiger charge is -2.12. The Balaban J connectivity index is 1.18. The maximum atomic E-state index is 9.77. The molecule has 0 bridgehead atoms. The van der Waals surface area contributed by atoms with Crippen molar-refractivity contribution in [3.63, 3.8) is 0 Å². The summed E-state index contributed by atoms with van der Waals surface area (Å²) >= 11 is 0. The number of aromatic nitrogens is 2. The first-order valence-electron chi connectivity index (χ1n) is 15.7. The van der Waals surface area contributed by atoms with E-state index in [2.05, 4.69) is 137 Å². The van der Waals surface area contributed by atoms with Gasteiger partial charge >= 0.3 is 0 Å². The van der Waals surface area contributed by atoms with Gasteiger partial charge in [0.05, 0.1) is 33.7 Å². The quantitative estimate of drug-likeness (QED) is 0.203. The fourth-order valence-electron chi connectivity index (χ4n) is 7.44. The van der Waals surface area contributed by atoms with Crippen LogP contribution < -0.4 is 0 Å². The highest BCUT2D eigenvalue weighted by Crippen LogP contribution is 2.39. The standard InChI is InChI=1S/C43H25N3O/c44-26-27-19-20-40-35(21-27)36-24-37-34-15-3-6-18-42(34)47-43(37)25-41(36)46(40)31-12-8-10-29(23-31)28-9-7-11-30(22-28)45-38-16-4-1-13-32(38)33-14-2-5-17-39(33)45/h1-25H. The van der Waals surface area contributed by atoms with Crippen LogP contribution in [-0.2, 0) is 0 Å². The molecule has 10 aromatic rings. The van der Waals surface area contributed by atoms with Gasteiger partial charge in [-0.3, -0.25) is 0 Å². The highest BCUT2D eigenvalue weighted by molar-refractivity contribution is 6.17. The number of furan rings is 1. The first kappa shape index (κ1) is 25.7. The van der Waals surface area contributed by atoms with Crippen molar-refractivity contribution in [2.75, 3.05) is 0 Å². The molecule has 0 aliphatic carbocycles. The Morgan fingerprint density at radius 3 is 1.66 bits per heavy atom. The van der Waals surface area contributed by atoms with Crippen LogP contribution in [0.1, 0.15) is 5.56 Å². The lowest BCUT2D eigenvalue weighted by atomic mass is 10.0. The van der Waals surface area contributed by atoms with Crippen LogP contribution in [-0.4, -0.2) is 9.13 Å². The second-order valence-electron chi connectivity index (χ2n) is 12.1. The summed E-state index contributed by atoms with van der Waals surface area (Å²) in [5.41, 5.74) is 11.3. The number of benzene rings is 7. The Morgan fingerprint density at radius 1 is 0.404 bits per heavy atom. The van der Waals surface area contributed by atoms with Crippen molar-refractivity contribution < 1.29 is 4.42 Å². The van der Waals surface area contributed by atoms with Gasteiger partial charge in [0.25, 0.3) is 0 Å². The van der Waals surface area contributed by atoms with Crippen molar-refractivity contribution in [1.82, 2.24) is 9.13 Å². The molecule has 218 valence electrons. The van der Waals surface area contributed by atoms with E-state index in [1.54, 1.807) is 0 Å². The Kier molecular flexibility index (Phi) is 5.32. The molecule has 3 aromatic heterocycles. The van der Waals surface area contributed by atoms with Crippen LogP contribution in [0.15, 0.2) is 156 Å². The lowest BCUT2D eigenvalue weighted by Crippen LogP contribution is -1.96. The highest BCUT2D eigenvalue weighted by Gasteiger charge is 2.18. The fourth-order valence-corrected chi connectivity index (χ4v) is 7.44. The van der Waals surface area contributed by atoms with Crippen LogP contribution in [0.3, 0.4) is 0 Å². The zero-order chi connectivity index (χ0) is 31.1. The zero-order valence-electron chi connectivity index (χ0n) is 25.2. The first-order valence-corrected chi connectivity index (χ1v) is 15.7. The summed E-state index contributed by atoms with van der Waals surface area (Å²) < 4.78 is 11.0. The van der Waals surface area contributed by atoms with Crippen LogP contribution in [0.2, 0.25) is 0 Å². The number of nitrogens with zero attached hydrogens (tertiary/aromatic N) is 3. The van der Waals surface area contributed by atoms with E-state index >= 15 is 0 Å². The van der Waals surface area contributed by atoms with Crippen molar-refractivity contribution in [2.45, 2.75) is 0 Å². The maximum Gasteiger partial charge on any atom is 0.137 e. The molecule has 0 saturated carbocycles. The summed E-state index contributed by atoms with van der Waals surface area (Å²) in [6.07, 6.45) is 0. The molecule has 0 aliphatic rings. The van der Waals surface area contributed by atoms with E-state index < -0.39 is 0 Å². The summed E-state index contributed by atoms with van der Waals surface area (Å²) in [6, 6.07) is 55.5. The predicted octanol–water partition coefficient (Wildman–Crippen LogP) is 11.3. The first-order chi connectivity index (χ1) is 23.2. The van der Waals surface area contributed by atoms with Crippen LogP contribution in [0.4, 0.5) is 0 Å². The summed E-state index contributed by atoms with van der Waals surface area (Å²) in [7, 11) is 0. The number of para-hydroxylation sites is 3. The van der Waals surface area contributed by atoms with Gasteiger partial charge < -0.3 is 13.6 Å². The minimum atomic E-state index is 0.643. The maximum absolute atomic E-state index is 9.77. The predicted molar refractivity (Wildman–Crippen MR) is 193 cm³/mol. The number of hydrogen-bond donors (Lipinski definition) is 0. The third-order valence-electron chi connectivity index (χ3n) is 9.51. The van der Waals surface area contributed by atoms with Gasteiger partial charge in [-0.1, -0.05) is 78.9 Å². The molecule has 0 fully saturated rings. The summed E-state index contributed by atoms with van der Waals surface area (Å²) in [4.78, 5) is 0. The van der Waals surface area contributed by atoms with E-state index in [1.165, 1.54) is 21.8 Å². The number of rotatable bonds is 3. The average Bonchev–Trinajstić information content (AvgIpc) is 3.77. The molecule has 7 aromatic carbocycles. The molecule has 4 heteroatoms. The highest BCUT2D eigenvalue weighted by atomic mass is 16.3. The van der Waals surface area contributed by atoms with E-state index in [4.69, 9.17) is 4.42 Å². The van der Waals surface area contributed by atoms with Gasteiger partial charge in [-0.05, 0) is 77.9 Å². The molecule has 0 radical (unpaired) electrons. The molecule has 4 nitrogen and oxygen atoms in total. The molecule has 0 saturated heterocycles. The SMILES string of the molecule is N#Cc1ccc2c(c1)c1cc3c(cc1n2-c1cccc(-c2cccc(-n4c5ccccc5c5ccccc54)c2)c1)oc1ccccc13. The molecular formula is C43H25N3O. The van der Waals surface area contributed by atoms with Crippen molar-refractivity contribution in [1.29, 1.82) is 5.26 Å². The van der Waals surface area contributed by atoms with Crippen LogP contribution in [0.5, 0.6) is 0 Å². The number of fused-ring (bicyclic) bond motifs is 9. The normalized spacial score (nSPS) is 11.8. The third kappa shape index (κ3) is 3.75. The fraction of sp³-hybridized carbons (Fsp3) is 0. The van der Waals surface area contributed by atoms with Gasteiger partial charge in [-0.2, -0.15) is 5.26 Å². The van der Waals surface area contributed by atoms with Gasteiger partial charge in [0.1, 0.15) is 11.2 Å². The molecule has 3 heterocycles. The Hall–Kier alpha value is -6.57. The molecule has 0 spiro atoms. The number of hydrogen-bond acceptors (Lipinski definition) is 2. The molecule has 0 amide bonds. The van der Waals surface area contributed by atoms with Crippen LogP contribution >= 0.6 is 0 Å². The minimum absolute atomic E-state index is 0.643. The van der Waals surface area contributed by atoms with E-state index in [9.17, 15) is 5.26 Å². The molecule has 10 rings (SSSR count). The molecule has 47 heavy (non-hydrogen) atoms. The van der Waals surface area contributed by atoms with Crippen LogP contribution in [0, 0.1) is 11.3 Å². The molecule has 0 unspecified atom stereocenters. The topological polar surface area (TPSA) is 46.8 Å². The Bertz CT molecular complexity index is 2880. The zero-order valence-corrected chi connectivity index (χ0v) is 25.2. The molecular weight excluding hydrogens is 574 g/mol.